The van der Waals surface area contributed by atoms with E-state index in [4.69, 9.17) is 23.5 Å². The molecule has 170 valence electrons. The van der Waals surface area contributed by atoms with E-state index in [1.165, 1.54) is 0 Å². The van der Waals surface area contributed by atoms with Crippen LogP contribution in [0.15, 0.2) is 53.1 Å². The molecule has 0 saturated carbocycles. The predicted molar refractivity (Wildman–Crippen MR) is 119 cm³/mol. The van der Waals surface area contributed by atoms with E-state index >= 15 is 0 Å². The van der Waals surface area contributed by atoms with Crippen molar-refractivity contribution in [3.8, 4) is 40.2 Å². The molecule has 0 spiro atoms. The van der Waals surface area contributed by atoms with Crippen molar-refractivity contribution in [2.75, 3.05) is 20.8 Å². The topological polar surface area (TPSA) is 93.7 Å². The number of aromatic nitrogens is 4. The standard InChI is InChI=1S/C24H24N4O5/c1-4-31-18-8-5-15(6-9-18)22-13-28-17(14-32-22)12-19(26-28)24-25-23(27-33-24)16-7-10-20(29-2)21(11-16)30-3/h5-12,22H,4,13-14H2,1-3H3/t22-/m1/s1. The first-order valence-electron chi connectivity index (χ1n) is 10.7. The van der Waals surface area contributed by atoms with Crippen molar-refractivity contribution in [1.29, 1.82) is 0 Å². The van der Waals surface area contributed by atoms with Crippen LogP contribution in [0, 0.1) is 0 Å². The van der Waals surface area contributed by atoms with Crippen LogP contribution in [0.3, 0.4) is 0 Å². The molecule has 0 unspecified atom stereocenters. The highest BCUT2D eigenvalue weighted by molar-refractivity contribution is 5.62. The minimum atomic E-state index is -0.0917. The van der Waals surface area contributed by atoms with Crippen molar-refractivity contribution in [3.05, 3.63) is 59.8 Å². The van der Waals surface area contributed by atoms with Gasteiger partial charge in [-0.15, -0.1) is 0 Å². The lowest BCUT2D eigenvalue weighted by molar-refractivity contribution is -0.00115. The summed E-state index contributed by atoms with van der Waals surface area (Å²) in [6.07, 6.45) is -0.0917. The maximum atomic E-state index is 6.07. The van der Waals surface area contributed by atoms with Crippen LogP contribution < -0.4 is 14.2 Å². The van der Waals surface area contributed by atoms with Gasteiger partial charge in [0.2, 0.25) is 5.82 Å². The first-order valence-corrected chi connectivity index (χ1v) is 10.7. The summed E-state index contributed by atoms with van der Waals surface area (Å²) in [5, 5.41) is 8.79. The fourth-order valence-corrected chi connectivity index (χ4v) is 3.80. The van der Waals surface area contributed by atoms with Crippen molar-refractivity contribution < 1.29 is 23.5 Å². The van der Waals surface area contributed by atoms with Gasteiger partial charge < -0.3 is 23.5 Å². The molecule has 1 aliphatic rings. The zero-order valence-corrected chi connectivity index (χ0v) is 18.6. The lowest BCUT2D eigenvalue weighted by atomic mass is 10.1. The van der Waals surface area contributed by atoms with E-state index in [1.54, 1.807) is 26.4 Å². The van der Waals surface area contributed by atoms with Crippen molar-refractivity contribution in [2.24, 2.45) is 0 Å². The van der Waals surface area contributed by atoms with Crippen LogP contribution >= 0.6 is 0 Å². The summed E-state index contributed by atoms with van der Waals surface area (Å²) in [6.45, 7) is 3.65. The largest absolute Gasteiger partial charge is 0.494 e. The molecule has 0 fully saturated rings. The fourth-order valence-electron chi connectivity index (χ4n) is 3.80. The van der Waals surface area contributed by atoms with Crippen LogP contribution in [0.2, 0.25) is 0 Å². The SMILES string of the molecule is CCOc1ccc([C@H]2Cn3nc(-c4nc(-c5ccc(OC)c(OC)c5)no4)cc3CO2)cc1. The number of benzene rings is 2. The second kappa shape index (κ2) is 8.95. The molecule has 0 saturated heterocycles. The average molecular weight is 448 g/mol. The molecule has 0 N–H and O–H groups in total. The van der Waals surface area contributed by atoms with E-state index in [-0.39, 0.29) is 6.10 Å². The van der Waals surface area contributed by atoms with E-state index < -0.39 is 0 Å². The van der Waals surface area contributed by atoms with Crippen LogP contribution in [-0.2, 0) is 17.9 Å². The Morgan fingerprint density at radius 1 is 1.03 bits per heavy atom. The minimum Gasteiger partial charge on any atom is -0.494 e. The summed E-state index contributed by atoms with van der Waals surface area (Å²) in [4.78, 5) is 4.52. The monoisotopic (exact) mass is 448 g/mol. The first kappa shape index (κ1) is 21.0. The first-order chi connectivity index (χ1) is 16.2. The molecule has 0 bridgehead atoms. The van der Waals surface area contributed by atoms with Gasteiger partial charge in [-0.1, -0.05) is 17.3 Å². The van der Waals surface area contributed by atoms with Gasteiger partial charge in [0.15, 0.2) is 17.2 Å². The highest BCUT2D eigenvalue weighted by Crippen LogP contribution is 2.33. The molecule has 2 aromatic carbocycles. The molecule has 1 atom stereocenters. The number of hydrogen-bond donors (Lipinski definition) is 0. The summed E-state index contributed by atoms with van der Waals surface area (Å²) in [5.74, 6) is 2.87. The quantitative estimate of drug-likeness (QED) is 0.413. The van der Waals surface area contributed by atoms with Gasteiger partial charge in [-0.3, -0.25) is 4.68 Å². The van der Waals surface area contributed by atoms with Crippen LogP contribution in [0.5, 0.6) is 17.2 Å². The molecule has 5 rings (SSSR count). The third-order valence-electron chi connectivity index (χ3n) is 5.48. The van der Waals surface area contributed by atoms with Crippen LogP contribution in [0.25, 0.3) is 23.0 Å². The molecule has 1 aliphatic heterocycles. The summed E-state index contributed by atoms with van der Waals surface area (Å²) in [5.41, 5.74) is 3.40. The zero-order valence-electron chi connectivity index (χ0n) is 18.6. The molecular formula is C24H24N4O5. The number of rotatable bonds is 7. The Morgan fingerprint density at radius 2 is 1.85 bits per heavy atom. The number of nitrogens with zero attached hydrogens (tertiary/aromatic N) is 4. The van der Waals surface area contributed by atoms with Gasteiger partial charge in [0.1, 0.15) is 11.9 Å². The third-order valence-corrected chi connectivity index (χ3v) is 5.48. The molecule has 9 nitrogen and oxygen atoms in total. The minimum absolute atomic E-state index is 0.0917. The van der Waals surface area contributed by atoms with Crippen LogP contribution in [-0.4, -0.2) is 40.7 Å². The zero-order chi connectivity index (χ0) is 22.8. The van der Waals surface area contributed by atoms with E-state index in [0.29, 0.717) is 48.7 Å². The Bertz CT molecular complexity index is 1250. The van der Waals surface area contributed by atoms with Gasteiger partial charge in [0, 0.05) is 5.56 Å². The number of fused-ring (bicyclic) bond motifs is 1. The lowest BCUT2D eigenvalue weighted by Crippen LogP contribution is -2.21. The molecular weight excluding hydrogens is 424 g/mol. The van der Waals surface area contributed by atoms with Gasteiger partial charge in [-0.05, 0) is 48.9 Å². The average Bonchev–Trinajstić information content (AvgIpc) is 3.51. The Labute approximate surface area is 190 Å². The lowest BCUT2D eigenvalue weighted by Gasteiger charge is -2.24. The van der Waals surface area contributed by atoms with Crippen molar-refractivity contribution in [2.45, 2.75) is 26.2 Å². The van der Waals surface area contributed by atoms with Crippen LogP contribution in [0.4, 0.5) is 0 Å². The highest BCUT2D eigenvalue weighted by Gasteiger charge is 2.24. The summed E-state index contributed by atoms with van der Waals surface area (Å²) < 4.78 is 29.7. The Balaban J connectivity index is 1.35. The molecule has 4 aromatic rings. The number of ether oxygens (including phenoxy) is 4. The normalized spacial score (nSPS) is 15.2. The summed E-state index contributed by atoms with van der Waals surface area (Å²) >= 11 is 0. The molecule has 3 heterocycles. The van der Waals surface area contributed by atoms with Gasteiger partial charge >= 0.3 is 0 Å². The second-order valence-electron chi connectivity index (χ2n) is 7.50. The number of methoxy groups -OCH3 is 2. The predicted octanol–water partition coefficient (Wildman–Crippen LogP) is 4.29. The van der Waals surface area contributed by atoms with Crippen molar-refractivity contribution in [1.82, 2.24) is 19.9 Å². The summed E-state index contributed by atoms with van der Waals surface area (Å²) in [6, 6.07) is 15.3. The Kier molecular flexibility index (Phi) is 5.70. The second-order valence-corrected chi connectivity index (χ2v) is 7.50. The molecule has 0 aliphatic carbocycles. The van der Waals surface area contributed by atoms with Gasteiger partial charge in [-0.25, -0.2) is 0 Å². The van der Waals surface area contributed by atoms with Gasteiger partial charge in [0.25, 0.3) is 5.89 Å². The maximum Gasteiger partial charge on any atom is 0.278 e. The molecule has 0 amide bonds. The van der Waals surface area contributed by atoms with Crippen molar-refractivity contribution >= 4 is 0 Å². The third kappa shape index (κ3) is 4.14. The van der Waals surface area contributed by atoms with E-state index in [9.17, 15) is 0 Å². The van der Waals surface area contributed by atoms with E-state index in [2.05, 4.69) is 15.2 Å². The highest BCUT2D eigenvalue weighted by atomic mass is 16.5. The molecule has 2 aromatic heterocycles. The van der Waals surface area contributed by atoms with E-state index in [1.807, 2.05) is 48.0 Å². The number of hydrogen-bond acceptors (Lipinski definition) is 8. The molecule has 9 heteroatoms. The summed E-state index contributed by atoms with van der Waals surface area (Å²) in [7, 11) is 3.18. The van der Waals surface area contributed by atoms with Gasteiger partial charge in [0.05, 0.1) is 39.7 Å². The molecule has 0 radical (unpaired) electrons. The van der Waals surface area contributed by atoms with Crippen LogP contribution in [0.1, 0.15) is 24.3 Å². The Morgan fingerprint density at radius 3 is 2.61 bits per heavy atom. The fraction of sp³-hybridized carbons (Fsp3) is 0.292. The maximum absolute atomic E-state index is 6.07. The van der Waals surface area contributed by atoms with E-state index in [0.717, 1.165) is 22.6 Å². The molecule has 33 heavy (non-hydrogen) atoms. The smallest absolute Gasteiger partial charge is 0.278 e. The Hall–Kier alpha value is -3.85. The van der Waals surface area contributed by atoms with Crippen molar-refractivity contribution in [3.63, 3.8) is 0 Å². The van der Waals surface area contributed by atoms with Gasteiger partial charge in [-0.2, -0.15) is 10.1 Å².